The molecule has 0 atom stereocenters. The third-order valence-electron chi connectivity index (χ3n) is 2.77. The normalized spacial score (nSPS) is 10.2. The Hall–Kier alpha value is -1.42. The summed E-state index contributed by atoms with van der Waals surface area (Å²) < 4.78 is 0. The molecule has 6 N–H and O–H groups in total. The summed E-state index contributed by atoms with van der Waals surface area (Å²) in [5, 5.41) is 0. The second kappa shape index (κ2) is 5.61. The predicted molar refractivity (Wildman–Crippen MR) is 70.3 cm³/mol. The Kier molecular flexibility index (Phi) is 4.43. The largest absolute Gasteiger partial charge is 0.326 e. The lowest BCUT2D eigenvalue weighted by atomic mass is 9.91. The summed E-state index contributed by atoms with van der Waals surface area (Å²) in [4.78, 5) is 0. The number of nitrogens with two attached hydrogens (primary N) is 3. The van der Waals surface area contributed by atoms with Crippen molar-refractivity contribution in [3.63, 3.8) is 0 Å². The van der Waals surface area contributed by atoms with Gasteiger partial charge in [0.25, 0.3) is 0 Å². The van der Waals surface area contributed by atoms with Crippen LogP contribution in [0.4, 0.5) is 0 Å². The standard InChI is InChI=1S/C13H19N3/c1-3-9-5-10(6-14)12(7-15)13(8-16)11(9)4-2/h3-5H,1-2,6-8,14-16H2. The summed E-state index contributed by atoms with van der Waals surface area (Å²) in [5.74, 6) is 0. The van der Waals surface area contributed by atoms with Gasteiger partial charge in [0, 0.05) is 19.6 Å². The molecule has 0 aliphatic rings. The maximum absolute atomic E-state index is 5.77. The Labute approximate surface area is 96.6 Å². The number of hydrogen-bond donors (Lipinski definition) is 3. The van der Waals surface area contributed by atoms with E-state index in [-0.39, 0.29) is 0 Å². The number of rotatable bonds is 5. The summed E-state index contributed by atoms with van der Waals surface area (Å²) in [6, 6.07) is 2.01. The van der Waals surface area contributed by atoms with Gasteiger partial charge < -0.3 is 17.2 Å². The Balaban J connectivity index is 3.60. The zero-order valence-corrected chi connectivity index (χ0v) is 9.50. The van der Waals surface area contributed by atoms with Gasteiger partial charge in [-0.05, 0) is 33.9 Å². The summed E-state index contributed by atoms with van der Waals surface area (Å²) in [6.45, 7) is 8.92. The van der Waals surface area contributed by atoms with Gasteiger partial charge >= 0.3 is 0 Å². The van der Waals surface area contributed by atoms with Gasteiger partial charge in [-0.3, -0.25) is 0 Å². The molecule has 0 aliphatic carbocycles. The number of hydrogen-bond acceptors (Lipinski definition) is 3. The van der Waals surface area contributed by atoms with Crippen LogP contribution in [0.2, 0.25) is 0 Å². The molecule has 1 aromatic carbocycles. The maximum Gasteiger partial charge on any atom is 0.0187 e. The molecule has 0 bridgehead atoms. The molecule has 1 aromatic rings. The van der Waals surface area contributed by atoms with Crippen LogP contribution in [0, 0.1) is 0 Å². The SMILES string of the molecule is C=Cc1cc(CN)c(CN)c(CN)c1C=C. The topological polar surface area (TPSA) is 78.1 Å². The average Bonchev–Trinajstić information content (AvgIpc) is 2.35. The minimum atomic E-state index is 0.433. The van der Waals surface area contributed by atoms with Crippen molar-refractivity contribution in [3.8, 4) is 0 Å². The zero-order chi connectivity index (χ0) is 12.1. The molecule has 0 unspecified atom stereocenters. The molecule has 0 heterocycles. The first kappa shape index (κ1) is 12.6. The van der Waals surface area contributed by atoms with Gasteiger partial charge in [0.2, 0.25) is 0 Å². The van der Waals surface area contributed by atoms with E-state index in [0.29, 0.717) is 19.6 Å². The first-order chi connectivity index (χ1) is 7.73. The summed E-state index contributed by atoms with van der Waals surface area (Å²) >= 11 is 0. The molecule has 0 amide bonds. The quantitative estimate of drug-likeness (QED) is 0.696. The summed E-state index contributed by atoms with van der Waals surface area (Å²) in [7, 11) is 0. The molecule has 0 radical (unpaired) electrons. The zero-order valence-electron chi connectivity index (χ0n) is 9.50. The summed E-state index contributed by atoms with van der Waals surface area (Å²) in [6.07, 6.45) is 3.58. The van der Waals surface area contributed by atoms with Crippen molar-refractivity contribution in [2.75, 3.05) is 0 Å². The third-order valence-corrected chi connectivity index (χ3v) is 2.77. The molecule has 0 aliphatic heterocycles. The van der Waals surface area contributed by atoms with Crippen LogP contribution in [0.25, 0.3) is 12.2 Å². The lowest BCUT2D eigenvalue weighted by Crippen LogP contribution is -2.14. The van der Waals surface area contributed by atoms with Crippen LogP contribution in [0.15, 0.2) is 19.2 Å². The van der Waals surface area contributed by atoms with Crippen molar-refractivity contribution in [1.82, 2.24) is 0 Å². The molecule has 0 spiro atoms. The van der Waals surface area contributed by atoms with E-state index in [1.54, 1.807) is 12.2 Å². The molecule has 3 heteroatoms. The van der Waals surface area contributed by atoms with Crippen LogP contribution in [-0.2, 0) is 19.6 Å². The van der Waals surface area contributed by atoms with E-state index in [2.05, 4.69) is 13.2 Å². The first-order valence-corrected chi connectivity index (χ1v) is 5.26. The van der Waals surface area contributed by atoms with E-state index in [1.165, 1.54) is 0 Å². The van der Waals surface area contributed by atoms with Gasteiger partial charge in [-0.2, -0.15) is 0 Å². The fourth-order valence-electron chi connectivity index (χ4n) is 1.96. The highest BCUT2D eigenvalue weighted by atomic mass is 14.6. The van der Waals surface area contributed by atoms with Crippen LogP contribution >= 0.6 is 0 Å². The highest BCUT2D eigenvalue weighted by Crippen LogP contribution is 2.25. The smallest absolute Gasteiger partial charge is 0.0187 e. The minimum Gasteiger partial charge on any atom is -0.326 e. The minimum absolute atomic E-state index is 0.433. The van der Waals surface area contributed by atoms with Gasteiger partial charge in [-0.1, -0.05) is 25.3 Å². The van der Waals surface area contributed by atoms with Crippen molar-refractivity contribution in [2.45, 2.75) is 19.6 Å². The second-order valence-corrected chi connectivity index (χ2v) is 3.52. The Bertz CT molecular complexity index is 408. The van der Waals surface area contributed by atoms with Crippen LogP contribution in [0.1, 0.15) is 27.8 Å². The molecule has 0 aromatic heterocycles. The van der Waals surface area contributed by atoms with Crippen LogP contribution in [0.5, 0.6) is 0 Å². The van der Waals surface area contributed by atoms with Gasteiger partial charge in [0.05, 0.1) is 0 Å². The van der Waals surface area contributed by atoms with Gasteiger partial charge in [-0.15, -0.1) is 0 Å². The monoisotopic (exact) mass is 217 g/mol. The maximum atomic E-state index is 5.77. The Morgan fingerprint density at radius 2 is 1.56 bits per heavy atom. The molecule has 16 heavy (non-hydrogen) atoms. The molecule has 1 rings (SSSR count). The van der Waals surface area contributed by atoms with E-state index in [0.717, 1.165) is 27.8 Å². The van der Waals surface area contributed by atoms with E-state index >= 15 is 0 Å². The predicted octanol–water partition coefficient (Wildman–Crippen LogP) is 1.35. The molecule has 3 nitrogen and oxygen atoms in total. The fraction of sp³-hybridized carbons (Fsp3) is 0.231. The van der Waals surface area contributed by atoms with Crippen LogP contribution < -0.4 is 17.2 Å². The van der Waals surface area contributed by atoms with Crippen molar-refractivity contribution >= 4 is 12.2 Å². The lowest BCUT2D eigenvalue weighted by molar-refractivity contribution is 0.925. The van der Waals surface area contributed by atoms with E-state index in [9.17, 15) is 0 Å². The van der Waals surface area contributed by atoms with Gasteiger partial charge in [0.15, 0.2) is 0 Å². The molecule has 0 fully saturated rings. The average molecular weight is 217 g/mol. The lowest BCUT2D eigenvalue weighted by Gasteiger charge is -2.17. The van der Waals surface area contributed by atoms with Gasteiger partial charge in [0.1, 0.15) is 0 Å². The molecule has 86 valence electrons. The molecule has 0 saturated heterocycles. The van der Waals surface area contributed by atoms with Crippen molar-refractivity contribution in [3.05, 3.63) is 47.0 Å². The van der Waals surface area contributed by atoms with Crippen molar-refractivity contribution in [2.24, 2.45) is 17.2 Å². The highest BCUT2D eigenvalue weighted by molar-refractivity contribution is 5.69. The Morgan fingerprint density at radius 1 is 0.938 bits per heavy atom. The van der Waals surface area contributed by atoms with E-state index < -0.39 is 0 Å². The highest BCUT2D eigenvalue weighted by Gasteiger charge is 2.12. The molecular weight excluding hydrogens is 198 g/mol. The third kappa shape index (κ3) is 2.07. The Morgan fingerprint density at radius 3 is 1.94 bits per heavy atom. The van der Waals surface area contributed by atoms with E-state index in [1.807, 2.05) is 6.07 Å². The second-order valence-electron chi connectivity index (χ2n) is 3.52. The fourth-order valence-corrected chi connectivity index (χ4v) is 1.96. The molecular formula is C13H19N3. The van der Waals surface area contributed by atoms with Crippen molar-refractivity contribution in [1.29, 1.82) is 0 Å². The summed E-state index contributed by atoms with van der Waals surface area (Å²) in [5.41, 5.74) is 22.3. The van der Waals surface area contributed by atoms with Crippen LogP contribution in [0.3, 0.4) is 0 Å². The first-order valence-electron chi connectivity index (χ1n) is 5.26. The van der Waals surface area contributed by atoms with Gasteiger partial charge in [-0.25, -0.2) is 0 Å². The number of benzene rings is 1. The van der Waals surface area contributed by atoms with Crippen LogP contribution in [-0.4, -0.2) is 0 Å². The van der Waals surface area contributed by atoms with E-state index in [4.69, 9.17) is 17.2 Å². The molecule has 0 saturated carbocycles. The van der Waals surface area contributed by atoms with Crippen molar-refractivity contribution < 1.29 is 0 Å².